The molecule has 0 saturated heterocycles. The van der Waals surface area contributed by atoms with E-state index in [1.807, 2.05) is 50.2 Å². The fraction of sp³-hybridized carbons (Fsp3) is 0.240. The molecule has 0 aliphatic rings. The van der Waals surface area contributed by atoms with E-state index < -0.39 is 0 Å². The van der Waals surface area contributed by atoms with Gasteiger partial charge in [-0.3, -0.25) is 4.79 Å². The van der Waals surface area contributed by atoms with E-state index in [1.165, 1.54) is 5.56 Å². The molecule has 6 heteroatoms. The summed E-state index contributed by atoms with van der Waals surface area (Å²) in [6.07, 6.45) is 0. The van der Waals surface area contributed by atoms with Gasteiger partial charge in [-0.15, -0.1) is 0 Å². The highest BCUT2D eigenvalue weighted by molar-refractivity contribution is 14.1. The molecular formula is C25H26INO4. The van der Waals surface area contributed by atoms with E-state index in [9.17, 15) is 4.79 Å². The average molecular weight is 531 g/mol. The molecule has 3 rings (SSSR count). The smallest absolute Gasteiger partial charge is 0.255 e. The summed E-state index contributed by atoms with van der Waals surface area (Å²) in [4.78, 5) is 12.8. The van der Waals surface area contributed by atoms with Gasteiger partial charge in [-0.05, 0) is 85.3 Å². The van der Waals surface area contributed by atoms with Gasteiger partial charge in [0.15, 0.2) is 11.5 Å². The summed E-state index contributed by atoms with van der Waals surface area (Å²) in [7, 11) is 0. The minimum atomic E-state index is -0.215. The van der Waals surface area contributed by atoms with Crippen LogP contribution in [-0.4, -0.2) is 19.1 Å². The third-order valence-electron chi connectivity index (χ3n) is 4.50. The van der Waals surface area contributed by atoms with Crippen LogP contribution in [0.2, 0.25) is 0 Å². The number of carbonyl (C=O) groups excluding carboxylic acids is 1. The van der Waals surface area contributed by atoms with Crippen molar-refractivity contribution in [3.05, 3.63) is 80.9 Å². The Morgan fingerprint density at radius 1 is 0.903 bits per heavy atom. The molecule has 0 aromatic heterocycles. The van der Waals surface area contributed by atoms with Crippen LogP contribution in [0.4, 0.5) is 5.69 Å². The number of carbonyl (C=O) groups is 1. The number of ether oxygens (including phenoxy) is 3. The maximum Gasteiger partial charge on any atom is 0.255 e. The normalized spacial score (nSPS) is 10.5. The van der Waals surface area contributed by atoms with E-state index in [0.717, 1.165) is 14.9 Å². The molecule has 1 N–H and O–H groups in total. The molecule has 0 fully saturated rings. The second kappa shape index (κ2) is 11.0. The monoisotopic (exact) mass is 531 g/mol. The third-order valence-corrected chi connectivity index (χ3v) is 5.30. The Balaban J connectivity index is 1.76. The highest BCUT2D eigenvalue weighted by Crippen LogP contribution is 2.35. The molecular weight excluding hydrogens is 505 g/mol. The fourth-order valence-electron chi connectivity index (χ4n) is 2.95. The number of hydrogen-bond donors (Lipinski definition) is 1. The van der Waals surface area contributed by atoms with Crippen molar-refractivity contribution in [3.8, 4) is 17.2 Å². The lowest BCUT2D eigenvalue weighted by Gasteiger charge is -2.16. The number of anilines is 1. The van der Waals surface area contributed by atoms with E-state index in [4.69, 9.17) is 14.2 Å². The fourth-order valence-corrected chi connectivity index (χ4v) is 3.70. The van der Waals surface area contributed by atoms with Crippen LogP contribution in [0, 0.1) is 10.5 Å². The van der Waals surface area contributed by atoms with Crippen molar-refractivity contribution in [1.82, 2.24) is 0 Å². The lowest BCUT2D eigenvalue weighted by atomic mass is 10.1. The van der Waals surface area contributed by atoms with Crippen molar-refractivity contribution >= 4 is 34.2 Å². The Kier molecular flexibility index (Phi) is 8.17. The summed E-state index contributed by atoms with van der Waals surface area (Å²) >= 11 is 2.18. The van der Waals surface area contributed by atoms with Crippen molar-refractivity contribution in [2.75, 3.05) is 18.5 Å². The van der Waals surface area contributed by atoms with E-state index in [1.54, 1.807) is 12.1 Å². The zero-order chi connectivity index (χ0) is 22.2. The van der Waals surface area contributed by atoms with E-state index in [2.05, 4.69) is 47.0 Å². The van der Waals surface area contributed by atoms with E-state index >= 15 is 0 Å². The molecule has 0 aliphatic carbocycles. The first-order valence-corrected chi connectivity index (χ1v) is 11.3. The van der Waals surface area contributed by atoms with Crippen LogP contribution >= 0.6 is 22.6 Å². The Morgan fingerprint density at radius 2 is 1.58 bits per heavy atom. The number of aryl methyl sites for hydroxylation is 1. The number of halogens is 1. The molecule has 31 heavy (non-hydrogen) atoms. The van der Waals surface area contributed by atoms with Gasteiger partial charge in [0.25, 0.3) is 5.91 Å². The van der Waals surface area contributed by atoms with Crippen LogP contribution in [0.1, 0.15) is 35.3 Å². The van der Waals surface area contributed by atoms with Crippen molar-refractivity contribution in [1.29, 1.82) is 0 Å². The Bertz CT molecular complexity index is 1020. The largest absolute Gasteiger partial charge is 0.494 e. The topological polar surface area (TPSA) is 56.8 Å². The molecule has 0 unspecified atom stereocenters. The first-order valence-electron chi connectivity index (χ1n) is 10.2. The molecule has 3 aromatic rings. The molecule has 1 amide bonds. The SMILES string of the molecule is CCOc1ccc(NC(=O)c2cc(I)c(OCc3ccc(C)cc3)c(OCC)c2)cc1. The lowest BCUT2D eigenvalue weighted by molar-refractivity contribution is 0.102. The molecule has 0 aliphatic heterocycles. The van der Waals surface area contributed by atoms with Crippen molar-refractivity contribution in [3.63, 3.8) is 0 Å². The lowest BCUT2D eigenvalue weighted by Crippen LogP contribution is -2.13. The van der Waals surface area contributed by atoms with Crippen LogP contribution in [-0.2, 0) is 6.61 Å². The van der Waals surface area contributed by atoms with Gasteiger partial charge in [0, 0.05) is 11.3 Å². The third kappa shape index (κ3) is 6.37. The van der Waals surface area contributed by atoms with Gasteiger partial charge in [-0.2, -0.15) is 0 Å². The maximum absolute atomic E-state index is 12.8. The van der Waals surface area contributed by atoms with Gasteiger partial charge in [0.1, 0.15) is 12.4 Å². The Hall–Kier alpha value is -2.74. The van der Waals surface area contributed by atoms with Crippen LogP contribution < -0.4 is 19.5 Å². The molecule has 5 nitrogen and oxygen atoms in total. The summed E-state index contributed by atoms with van der Waals surface area (Å²) in [6, 6.07) is 19.0. The predicted molar refractivity (Wildman–Crippen MR) is 131 cm³/mol. The van der Waals surface area contributed by atoms with Gasteiger partial charge in [0.2, 0.25) is 0 Å². The standard InChI is InChI=1S/C25H26INO4/c1-4-29-21-12-10-20(11-13-21)27-25(28)19-14-22(26)24(23(15-19)30-5-2)31-16-18-8-6-17(3)7-9-18/h6-15H,4-5,16H2,1-3H3,(H,27,28). The van der Waals surface area contributed by atoms with E-state index in [-0.39, 0.29) is 5.91 Å². The number of nitrogens with one attached hydrogen (secondary N) is 1. The second-order valence-corrected chi connectivity index (χ2v) is 8.07. The summed E-state index contributed by atoms with van der Waals surface area (Å²) in [5.74, 6) is 1.75. The van der Waals surface area contributed by atoms with Gasteiger partial charge >= 0.3 is 0 Å². The quantitative estimate of drug-likeness (QED) is 0.333. The van der Waals surface area contributed by atoms with Crippen molar-refractivity contribution in [2.45, 2.75) is 27.4 Å². The van der Waals surface area contributed by atoms with Crippen LogP contribution in [0.15, 0.2) is 60.7 Å². The van der Waals surface area contributed by atoms with Crippen molar-refractivity contribution < 1.29 is 19.0 Å². The highest BCUT2D eigenvalue weighted by Gasteiger charge is 2.16. The van der Waals surface area contributed by atoms with Gasteiger partial charge in [-0.25, -0.2) is 0 Å². The van der Waals surface area contributed by atoms with Crippen LogP contribution in [0.5, 0.6) is 17.2 Å². The molecule has 0 spiro atoms. The summed E-state index contributed by atoms with van der Waals surface area (Å²) < 4.78 is 18.1. The molecule has 0 heterocycles. The predicted octanol–water partition coefficient (Wildman–Crippen LogP) is 6.23. The highest BCUT2D eigenvalue weighted by atomic mass is 127. The number of benzene rings is 3. The van der Waals surface area contributed by atoms with Gasteiger partial charge in [0.05, 0.1) is 16.8 Å². The minimum absolute atomic E-state index is 0.215. The zero-order valence-corrected chi connectivity index (χ0v) is 20.1. The zero-order valence-electron chi connectivity index (χ0n) is 17.9. The number of hydrogen-bond acceptors (Lipinski definition) is 4. The number of rotatable bonds is 9. The molecule has 0 radical (unpaired) electrons. The second-order valence-electron chi connectivity index (χ2n) is 6.90. The van der Waals surface area contributed by atoms with Gasteiger partial charge < -0.3 is 19.5 Å². The van der Waals surface area contributed by atoms with Gasteiger partial charge in [-0.1, -0.05) is 29.8 Å². The number of amides is 1. The van der Waals surface area contributed by atoms with Crippen LogP contribution in [0.25, 0.3) is 0 Å². The first-order chi connectivity index (χ1) is 15.0. The average Bonchev–Trinajstić information content (AvgIpc) is 2.76. The Labute approximate surface area is 196 Å². The molecule has 0 bridgehead atoms. The summed E-state index contributed by atoms with van der Waals surface area (Å²) in [5.41, 5.74) is 3.47. The summed E-state index contributed by atoms with van der Waals surface area (Å²) in [6.45, 7) is 7.39. The molecule has 162 valence electrons. The Morgan fingerprint density at radius 3 is 2.23 bits per heavy atom. The van der Waals surface area contributed by atoms with E-state index in [0.29, 0.717) is 42.6 Å². The molecule has 0 saturated carbocycles. The molecule has 3 aromatic carbocycles. The minimum Gasteiger partial charge on any atom is -0.494 e. The van der Waals surface area contributed by atoms with Crippen LogP contribution in [0.3, 0.4) is 0 Å². The molecule has 0 atom stereocenters. The summed E-state index contributed by atoms with van der Waals surface area (Å²) in [5, 5.41) is 2.91. The first kappa shape index (κ1) is 22.9. The maximum atomic E-state index is 12.8. The van der Waals surface area contributed by atoms with Crippen molar-refractivity contribution in [2.24, 2.45) is 0 Å².